The van der Waals surface area contributed by atoms with Crippen molar-refractivity contribution in [3.8, 4) is 11.1 Å². The summed E-state index contributed by atoms with van der Waals surface area (Å²) in [6.07, 6.45) is 1.97. The van der Waals surface area contributed by atoms with E-state index in [0.717, 1.165) is 22.0 Å². The van der Waals surface area contributed by atoms with Crippen LogP contribution in [0.1, 0.15) is 30.7 Å². The summed E-state index contributed by atoms with van der Waals surface area (Å²) in [7, 11) is 0. The minimum atomic E-state index is -0.373. The molecule has 3 heterocycles. The van der Waals surface area contributed by atoms with Gasteiger partial charge in [-0.2, -0.15) is 5.10 Å². The average molecular weight is 397 g/mol. The number of para-hydroxylation sites is 1. The maximum atomic E-state index is 13.2. The third-order valence-corrected chi connectivity index (χ3v) is 5.38. The molecule has 4 aromatic rings. The van der Waals surface area contributed by atoms with E-state index in [1.54, 1.807) is 12.3 Å². The fraction of sp³-hybridized carbons (Fsp3) is 0.125. The number of carbonyl (C=O) groups is 1. The maximum Gasteiger partial charge on any atom is 0.258 e. The van der Waals surface area contributed by atoms with E-state index in [4.69, 9.17) is 4.42 Å². The second-order valence-corrected chi connectivity index (χ2v) is 7.26. The van der Waals surface area contributed by atoms with E-state index < -0.39 is 0 Å². The van der Waals surface area contributed by atoms with Crippen LogP contribution in [0.2, 0.25) is 0 Å². The second kappa shape index (κ2) is 7.15. The van der Waals surface area contributed by atoms with Crippen molar-refractivity contribution >= 4 is 22.5 Å². The smallest absolute Gasteiger partial charge is 0.258 e. The normalized spacial score (nSPS) is 16.1. The molecule has 1 aliphatic heterocycles. The number of hydrogen-bond acceptors (Lipinski definition) is 4. The monoisotopic (exact) mass is 397 g/mol. The molecule has 1 N–H and O–H groups in total. The fourth-order valence-electron chi connectivity index (χ4n) is 4.08. The summed E-state index contributed by atoms with van der Waals surface area (Å²) in [4.78, 5) is 28.5. The zero-order chi connectivity index (χ0) is 20.7. The quantitative estimate of drug-likeness (QED) is 0.553. The molecular formula is C24H19N3O3. The summed E-state index contributed by atoms with van der Waals surface area (Å²) < 4.78 is 5.54. The maximum absolute atomic E-state index is 13.2. The number of benzene rings is 2. The molecule has 0 saturated heterocycles. The minimum Gasteiger partial charge on any atom is -0.467 e. The number of nitrogens with one attached hydrogen (secondary N) is 1. The molecule has 6 nitrogen and oxygen atoms in total. The zero-order valence-electron chi connectivity index (χ0n) is 16.3. The van der Waals surface area contributed by atoms with Crippen LogP contribution in [-0.4, -0.2) is 21.6 Å². The molecule has 0 aliphatic carbocycles. The molecule has 30 heavy (non-hydrogen) atoms. The van der Waals surface area contributed by atoms with Crippen LogP contribution in [-0.2, 0) is 4.79 Å². The molecule has 0 radical (unpaired) electrons. The van der Waals surface area contributed by atoms with Crippen molar-refractivity contribution in [1.29, 1.82) is 0 Å². The predicted octanol–water partition coefficient (Wildman–Crippen LogP) is 4.49. The molecule has 148 valence electrons. The highest BCUT2D eigenvalue weighted by Crippen LogP contribution is 2.36. The molecular weight excluding hydrogens is 378 g/mol. The van der Waals surface area contributed by atoms with Crippen LogP contribution in [0.15, 0.2) is 87.3 Å². The van der Waals surface area contributed by atoms with Crippen LogP contribution in [0.3, 0.4) is 0 Å². The van der Waals surface area contributed by atoms with Crippen LogP contribution in [0, 0.1) is 0 Å². The minimum absolute atomic E-state index is 0.204. The van der Waals surface area contributed by atoms with E-state index >= 15 is 0 Å². The van der Waals surface area contributed by atoms with Crippen molar-refractivity contribution in [2.75, 3.05) is 0 Å². The lowest BCUT2D eigenvalue weighted by molar-refractivity contribution is -0.130. The van der Waals surface area contributed by atoms with Crippen molar-refractivity contribution in [2.45, 2.75) is 19.4 Å². The molecule has 1 aliphatic rings. The highest BCUT2D eigenvalue weighted by atomic mass is 16.3. The van der Waals surface area contributed by atoms with Gasteiger partial charge in [0.05, 0.1) is 17.5 Å². The predicted molar refractivity (Wildman–Crippen MR) is 115 cm³/mol. The number of aromatic amines is 1. The Labute approximate surface area is 172 Å². The van der Waals surface area contributed by atoms with Gasteiger partial charge in [0.2, 0.25) is 5.91 Å². The lowest BCUT2D eigenvalue weighted by Gasteiger charge is -2.17. The topological polar surface area (TPSA) is 78.7 Å². The van der Waals surface area contributed by atoms with Gasteiger partial charge in [-0.15, -0.1) is 0 Å². The molecule has 1 amide bonds. The van der Waals surface area contributed by atoms with Gasteiger partial charge in [-0.3, -0.25) is 9.59 Å². The first-order valence-corrected chi connectivity index (χ1v) is 9.75. The number of amides is 1. The number of rotatable bonds is 3. The largest absolute Gasteiger partial charge is 0.467 e. The Hall–Kier alpha value is -3.93. The van der Waals surface area contributed by atoms with Gasteiger partial charge in [0.15, 0.2) is 0 Å². The van der Waals surface area contributed by atoms with Crippen molar-refractivity contribution in [3.05, 3.63) is 94.7 Å². The number of carbonyl (C=O) groups excluding carboxylic acids is 1. The van der Waals surface area contributed by atoms with E-state index in [-0.39, 0.29) is 17.5 Å². The van der Waals surface area contributed by atoms with Crippen molar-refractivity contribution in [1.82, 2.24) is 9.99 Å². The van der Waals surface area contributed by atoms with Crippen LogP contribution in [0.5, 0.6) is 0 Å². The molecule has 1 unspecified atom stereocenters. The van der Waals surface area contributed by atoms with Gasteiger partial charge < -0.3 is 9.40 Å². The van der Waals surface area contributed by atoms with E-state index in [9.17, 15) is 9.59 Å². The number of nitrogens with zero attached hydrogens (tertiary/aromatic N) is 2. The lowest BCUT2D eigenvalue weighted by Crippen LogP contribution is -2.23. The van der Waals surface area contributed by atoms with Gasteiger partial charge in [0.1, 0.15) is 11.8 Å². The SMILES string of the molecule is CC(=O)N1N=C(c2c(-c3ccccc3)c3ccccc3[nH]c2=O)CC1c1ccco1. The first kappa shape index (κ1) is 18.1. The van der Waals surface area contributed by atoms with Gasteiger partial charge in [0, 0.05) is 29.8 Å². The van der Waals surface area contributed by atoms with Crippen LogP contribution < -0.4 is 5.56 Å². The Morgan fingerprint density at radius 1 is 1.03 bits per heavy atom. The van der Waals surface area contributed by atoms with Gasteiger partial charge in [0.25, 0.3) is 5.56 Å². The van der Waals surface area contributed by atoms with Crippen LogP contribution in [0.25, 0.3) is 22.0 Å². The highest BCUT2D eigenvalue weighted by molar-refractivity contribution is 6.12. The van der Waals surface area contributed by atoms with E-state index in [1.807, 2.05) is 60.7 Å². The molecule has 0 fully saturated rings. The molecule has 2 aromatic carbocycles. The number of H-pyrrole nitrogens is 1. The van der Waals surface area contributed by atoms with Gasteiger partial charge in [-0.05, 0) is 23.8 Å². The third kappa shape index (κ3) is 2.93. The lowest BCUT2D eigenvalue weighted by atomic mass is 9.92. The van der Waals surface area contributed by atoms with Crippen LogP contribution >= 0.6 is 0 Å². The standard InChI is InChI=1S/C24H19N3O3/c1-15(28)27-20(21-12-7-13-30-21)14-19(26-27)23-22(16-8-3-2-4-9-16)17-10-5-6-11-18(17)25-24(23)29/h2-13,20H,14H2,1H3,(H,25,29). The Morgan fingerprint density at radius 3 is 2.53 bits per heavy atom. The fourth-order valence-corrected chi connectivity index (χ4v) is 4.08. The van der Waals surface area contributed by atoms with Gasteiger partial charge in [-0.1, -0.05) is 48.5 Å². The Balaban J connectivity index is 1.75. The zero-order valence-corrected chi connectivity index (χ0v) is 16.3. The number of hydrogen-bond donors (Lipinski definition) is 1. The molecule has 5 rings (SSSR count). The summed E-state index contributed by atoms with van der Waals surface area (Å²) in [6, 6.07) is 20.7. The summed E-state index contributed by atoms with van der Waals surface area (Å²) >= 11 is 0. The van der Waals surface area contributed by atoms with E-state index in [0.29, 0.717) is 23.5 Å². The first-order chi connectivity index (χ1) is 14.6. The Morgan fingerprint density at radius 2 is 1.80 bits per heavy atom. The summed E-state index contributed by atoms with van der Waals surface area (Å²) in [5.41, 5.74) is 3.33. The van der Waals surface area contributed by atoms with Gasteiger partial charge in [-0.25, -0.2) is 5.01 Å². The molecule has 0 saturated carbocycles. The van der Waals surface area contributed by atoms with Gasteiger partial charge >= 0.3 is 0 Å². The second-order valence-electron chi connectivity index (χ2n) is 7.26. The van der Waals surface area contributed by atoms with E-state index in [1.165, 1.54) is 11.9 Å². The molecule has 0 bridgehead atoms. The molecule has 1 atom stereocenters. The molecule has 6 heteroatoms. The number of hydrazone groups is 1. The summed E-state index contributed by atoms with van der Waals surface area (Å²) in [5, 5.41) is 6.90. The molecule has 2 aromatic heterocycles. The number of aromatic nitrogens is 1. The van der Waals surface area contributed by atoms with Crippen LogP contribution in [0.4, 0.5) is 0 Å². The number of furan rings is 1. The summed E-state index contributed by atoms with van der Waals surface area (Å²) in [6.45, 7) is 1.46. The number of fused-ring (bicyclic) bond motifs is 1. The van der Waals surface area contributed by atoms with Crippen molar-refractivity contribution < 1.29 is 9.21 Å². The van der Waals surface area contributed by atoms with Crippen molar-refractivity contribution in [3.63, 3.8) is 0 Å². The summed E-state index contributed by atoms with van der Waals surface area (Å²) in [5.74, 6) is 0.437. The Kier molecular flexibility index (Phi) is 4.32. The number of pyridine rings is 1. The highest BCUT2D eigenvalue weighted by Gasteiger charge is 2.35. The van der Waals surface area contributed by atoms with Crippen molar-refractivity contribution in [2.24, 2.45) is 5.10 Å². The average Bonchev–Trinajstić information content (AvgIpc) is 3.43. The Bertz CT molecular complexity index is 1320. The molecule has 0 spiro atoms. The third-order valence-electron chi connectivity index (χ3n) is 5.38. The van der Waals surface area contributed by atoms with E-state index in [2.05, 4.69) is 10.1 Å². The first-order valence-electron chi connectivity index (χ1n) is 9.75.